The number of rotatable bonds is 5. The van der Waals surface area contributed by atoms with Gasteiger partial charge in [-0.2, -0.15) is 4.98 Å². The van der Waals surface area contributed by atoms with Crippen LogP contribution < -0.4 is 11.3 Å². The molecule has 2 aromatic rings. The maximum absolute atomic E-state index is 11.9. The number of aliphatic hydroxyl groups excluding tert-OH is 5. The first-order valence-electron chi connectivity index (χ1n) is 8.79. The molecule has 29 heavy (non-hydrogen) atoms. The SMILES string of the molecule is Nc1nc2c(ncn2[C@@H]2O[C@H](COC3O[C@H](CO)[C@@H](O)[C@@H]3O)[C@@H](O)[C@H]2O)c(=O)[nH]1. The number of aromatic amines is 1. The molecule has 2 aliphatic rings. The highest BCUT2D eigenvalue weighted by atomic mass is 16.7. The topological polar surface area (TPSA) is 218 Å². The van der Waals surface area contributed by atoms with E-state index in [9.17, 15) is 25.2 Å². The average Bonchev–Trinajstić information content (AvgIpc) is 3.31. The number of nitrogens with zero attached hydrogens (tertiary/aromatic N) is 3. The van der Waals surface area contributed by atoms with Crippen LogP contribution in [0.15, 0.2) is 11.1 Å². The van der Waals surface area contributed by atoms with E-state index in [4.69, 9.17) is 25.1 Å². The molecule has 2 saturated heterocycles. The molecule has 14 heteroatoms. The van der Waals surface area contributed by atoms with Crippen molar-refractivity contribution in [2.45, 2.75) is 49.1 Å². The summed E-state index contributed by atoms with van der Waals surface area (Å²) in [4.78, 5) is 22.1. The van der Waals surface area contributed by atoms with Gasteiger partial charge in [0.05, 0.1) is 19.5 Å². The van der Waals surface area contributed by atoms with Crippen LogP contribution in [0.2, 0.25) is 0 Å². The van der Waals surface area contributed by atoms with E-state index in [1.165, 1.54) is 10.9 Å². The van der Waals surface area contributed by atoms with E-state index in [0.717, 1.165) is 0 Å². The van der Waals surface area contributed by atoms with Gasteiger partial charge in [-0.3, -0.25) is 14.3 Å². The Labute approximate surface area is 162 Å². The van der Waals surface area contributed by atoms with Crippen LogP contribution in [0.4, 0.5) is 5.95 Å². The molecule has 0 bridgehead atoms. The smallest absolute Gasteiger partial charge is 0.280 e. The van der Waals surface area contributed by atoms with E-state index in [1.54, 1.807) is 0 Å². The first-order valence-corrected chi connectivity index (χ1v) is 8.79. The number of hydrogen-bond donors (Lipinski definition) is 7. The summed E-state index contributed by atoms with van der Waals surface area (Å²) in [5.74, 6) is -0.151. The van der Waals surface area contributed by atoms with Crippen molar-refractivity contribution in [1.29, 1.82) is 0 Å². The van der Waals surface area contributed by atoms with Gasteiger partial charge in [-0.15, -0.1) is 0 Å². The molecule has 2 aliphatic heterocycles. The highest BCUT2D eigenvalue weighted by Gasteiger charge is 2.47. The van der Waals surface area contributed by atoms with Gasteiger partial charge >= 0.3 is 0 Å². The summed E-state index contributed by atoms with van der Waals surface area (Å²) >= 11 is 0. The summed E-state index contributed by atoms with van der Waals surface area (Å²) in [6, 6.07) is 0. The molecule has 0 saturated carbocycles. The molecule has 0 spiro atoms. The Morgan fingerprint density at radius 2 is 1.86 bits per heavy atom. The van der Waals surface area contributed by atoms with Crippen molar-refractivity contribution in [2.75, 3.05) is 18.9 Å². The number of aliphatic hydroxyl groups is 5. The third-order valence-corrected chi connectivity index (χ3v) is 4.99. The Balaban J connectivity index is 1.48. The summed E-state index contributed by atoms with van der Waals surface area (Å²) in [6.45, 7) is -0.811. The number of H-pyrrole nitrogens is 1. The first kappa shape index (κ1) is 20.1. The molecule has 2 aromatic heterocycles. The minimum atomic E-state index is -1.41. The second-order valence-corrected chi connectivity index (χ2v) is 6.86. The third kappa shape index (κ3) is 3.38. The molecule has 4 rings (SSSR count). The number of anilines is 1. The lowest BCUT2D eigenvalue weighted by atomic mass is 10.1. The standard InChI is InChI=1S/C15H21N5O9/c16-15-18-11-6(12(26)19-15)17-3-20(11)13-9(24)8(23)5(28-13)2-27-14-10(25)7(22)4(1-21)29-14/h3-5,7-10,13-14,21-25H,1-2H2,(H3,16,18,19,26)/t4-,5-,7-,8-,9-,10+,13-,14?/m1/s1. The molecule has 8 N–H and O–H groups in total. The largest absolute Gasteiger partial charge is 0.394 e. The van der Waals surface area contributed by atoms with Gasteiger partial charge in [0.1, 0.15) is 36.6 Å². The number of aromatic nitrogens is 4. The summed E-state index contributed by atoms with van der Waals surface area (Å²) in [6.07, 6.45) is -8.72. The minimum absolute atomic E-state index is 0.0179. The van der Waals surface area contributed by atoms with Gasteiger partial charge in [-0.25, -0.2) is 4.98 Å². The molecule has 1 unspecified atom stereocenters. The van der Waals surface area contributed by atoms with Gasteiger partial charge in [0.2, 0.25) is 5.95 Å². The predicted molar refractivity (Wildman–Crippen MR) is 92.2 cm³/mol. The van der Waals surface area contributed by atoms with Gasteiger partial charge in [0, 0.05) is 0 Å². The van der Waals surface area contributed by atoms with Crippen LogP contribution in [0.5, 0.6) is 0 Å². The molecular formula is C15H21N5O9. The zero-order chi connectivity index (χ0) is 20.9. The number of ether oxygens (including phenoxy) is 3. The number of nitrogens with two attached hydrogens (primary N) is 1. The molecule has 14 nitrogen and oxygen atoms in total. The van der Waals surface area contributed by atoms with E-state index in [0.29, 0.717) is 0 Å². The normalized spacial score (nSPS) is 37.6. The van der Waals surface area contributed by atoms with Gasteiger partial charge in [0.15, 0.2) is 23.7 Å². The van der Waals surface area contributed by atoms with Crippen molar-refractivity contribution < 1.29 is 39.7 Å². The lowest BCUT2D eigenvalue weighted by Crippen LogP contribution is -2.38. The molecule has 0 aromatic carbocycles. The van der Waals surface area contributed by atoms with Crippen molar-refractivity contribution in [1.82, 2.24) is 19.5 Å². The second kappa shape index (κ2) is 7.58. The van der Waals surface area contributed by atoms with E-state index < -0.39 is 61.3 Å². The number of fused-ring (bicyclic) bond motifs is 1. The molecule has 160 valence electrons. The summed E-state index contributed by atoms with van der Waals surface area (Å²) in [5.41, 5.74) is 5.03. The Hall–Kier alpha value is -2.17. The maximum Gasteiger partial charge on any atom is 0.280 e. The van der Waals surface area contributed by atoms with Crippen molar-refractivity contribution >= 4 is 17.1 Å². The van der Waals surface area contributed by atoms with Gasteiger partial charge in [0.25, 0.3) is 5.56 Å². The van der Waals surface area contributed by atoms with Crippen molar-refractivity contribution in [3.05, 3.63) is 16.7 Å². The van der Waals surface area contributed by atoms with Crippen molar-refractivity contribution in [2.24, 2.45) is 0 Å². The van der Waals surface area contributed by atoms with Crippen molar-refractivity contribution in [3.63, 3.8) is 0 Å². The predicted octanol–water partition coefficient (Wildman–Crippen LogP) is -4.22. The van der Waals surface area contributed by atoms with Gasteiger partial charge < -0.3 is 45.5 Å². The van der Waals surface area contributed by atoms with Crippen LogP contribution >= 0.6 is 0 Å². The summed E-state index contributed by atoms with van der Waals surface area (Å²) in [5, 5.41) is 49.4. The minimum Gasteiger partial charge on any atom is -0.394 e. The number of hydrogen-bond acceptors (Lipinski definition) is 12. The van der Waals surface area contributed by atoms with Gasteiger partial charge in [-0.1, -0.05) is 0 Å². The van der Waals surface area contributed by atoms with E-state index in [1.807, 2.05) is 0 Å². The highest BCUT2D eigenvalue weighted by molar-refractivity contribution is 5.70. The zero-order valence-electron chi connectivity index (χ0n) is 14.9. The van der Waals surface area contributed by atoms with Crippen LogP contribution in [-0.4, -0.2) is 101 Å². The lowest BCUT2D eigenvalue weighted by molar-refractivity contribution is -0.190. The molecule has 4 heterocycles. The molecule has 8 atom stereocenters. The molecule has 0 aliphatic carbocycles. The summed E-state index contributed by atoms with van der Waals surface area (Å²) < 4.78 is 17.5. The number of imidazole rings is 1. The van der Waals surface area contributed by atoms with E-state index in [-0.39, 0.29) is 23.7 Å². The molecule has 2 fully saturated rings. The third-order valence-electron chi connectivity index (χ3n) is 4.99. The van der Waals surface area contributed by atoms with Crippen LogP contribution in [0, 0.1) is 0 Å². The number of nitrogens with one attached hydrogen (secondary N) is 1. The monoisotopic (exact) mass is 415 g/mol. The van der Waals surface area contributed by atoms with Crippen molar-refractivity contribution in [3.8, 4) is 0 Å². The zero-order valence-corrected chi connectivity index (χ0v) is 14.9. The number of nitrogen functional groups attached to an aromatic ring is 1. The fourth-order valence-electron chi connectivity index (χ4n) is 3.42. The van der Waals surface area contributed by atoms with Crippen LogP contribution in [0.25, 0.3) is 11.2 Å². The quantitative estimate of drug-likeness (QED) is 0.247. The molecular weight excluding hydrogens is 394 g/mol. The van der Waals surface area contributed by atoms with Crippen LogP contribution in [0.1, 0.15) is 6.23 Å². The lowest BCUT2D eigenvalue weighted by Gasteiger charge is -2.20. The molecule has 0 amide bonds. The Morgan fingerprint density at radius 3 is 2.55 bits per heavy atom. The molecule has 0 radical (unpaired) electrons. The Kier molecular flexibility index (Phi) is 5.26. The van der Waals surface area contributed by atoms with E-state index in [2.05, 4.69) is 15.0 Å². The average molecular weight is 415 g/mol. The Bertz CT molecular complexity index is 935. The first-order chi connectivity index (χ1) is 13.8. The van der Waals surface area contributed by atoms with Gasteiger partial charge in [-0.05, 0) is 0 Å². The fourth-order valence-corrected chi connectivity index (χ4v) is 3.42. The van der Waals surface area contributed by atoms with E-state index >= 15 is 0 Å². The maximum atomic E-state index is 11.9. The Morgan fingerprint density at radius 1 is 1.14 bits per heavy atom. The highest BCUT2D eigenvalue weighted by Crippen LogP contribution is 2.32. The second-order valence-electron chi connectivity index (χ2n) is 6.86. The fraction of sp³-hybridized carbons (Fsp3) is 0.667. The summed E-state index contributed by atoms with van der Waals surface area (Å²) in [7, 11) is 0. The van der Waals surface area contributed by atoms with Crippen LogP contribution in [-0.2, 0) is 14.2 Å². The van der Waals surface area contributed by atoms with Crippen LogP contribution in [0.3, 0.4) is 0 Å².